The zero-order chi connectivity index (χ0) is 7.98. The number of carbonyl (C=O) groups is 1. The number of esters is 1. The van der Waals surface area contributed by atoms with E-state index in [2.05, 4.69) is 5.92 Å². The average Bonchev–Trinajstić information content (AvgIpc) is 1.82. The van der Waals surface area contributed by atoms with Crippen LogP contribution in [-0.2, 0) is 9.53 Å². The molecule has 56 valence electrons. The van der Waals surface area contributed by atoms with Gasteiger partial charge in [0.1, 0.15) is 0 Å². The van der Waals surface area contributed by atoms with Crippen molar-refractivity contribution < 1.29 is 9.53 Å². The molecule has 0 radical (unpaired) electrons. The molecule has 0 saturated carbocycles. The van der Waals surface area contributed by atoms with E-state index in [1.54, 1.807) is 0 Å². The Morgan fingerprint density at radius 2 is 2.30 bits per heavy atom. The Hall–Kier alpha value is -0.970. The number of ether oxygens (including phenoxy) is 1. The smallest absolute Gasteiger partial charge is 0.307 e. The average molecular weight is 140 g/mol. The summed E-state index contributed by atoms with van der Waals surface area (Å²) in [4.78, 5) is 10.7. The van der Waals surface area contributed by atoms with Crippen LogP contribution in [0.2, 0.25) is 0 Å². The van der Waals surface area contributed by atoms with E-state index in [1.807, 2.05) is 13.8 Å². The standard InChI is InChI=1S/C8H12O2/c1-4-5-6-8(9)10-7(2)3/h1,7H,5-6H2,2-3H3. The summed E-state index contributed by atoms with van der Waals surface area (Å²) in [6.07, 6.45) is 5.70. The predicted octanol–water partition coefficient (Wildman–Crippen LogP) is 1.35. The van der Waals surface area contributed by atoms with Gasteiger partial charge in [0, 0.05) is 6.42 Å². The van der Waals surface area contributed by atoms with E-state index in [-0.39, 0.29) is 12.1 Å². The van der Waals surface area contributed by atoms with Gasteiger partial charge in [-0.2, -0.15) is 0 Å². The van der Waals surface area contributed by atoms with Crippen LogP contribution < -0.4 is 0 Å². The second-order valence-corrected chi connectivity index (χ2v) is 2.24. The highest BCUT2D eigenvalue weighted by Gasteiger charge is 2.02. The fraction of sp³-hybridized carbons (Fsp3) is 0.625. The maximum Gasteiger partial charge on any atom is 0.307 e. The summed E-state index contributed by atoms with van der Waals surface area (Å²) in [5, 5.41) is 0. The highest BCUT2D eigenvalue weighted by atomic mass is 16.5. The molecular weight excluding hydrogens is 128 g/mol. The van der Waals surface area contributed by atoms with Gasteiger partial charge in [0.05, 0.1) is 12.5 Å². The summed E-state index contributed by atoms with van der Waals surface area (Å²) in [6.45, 7) is 3.63. The molecule has 0 aromatic rings. The fourth-order valence-corrected chi connectivity index (χ4v) is 0.496. The molecule has 0 amide bonds. The van der Waals surface area contributed by atoms with Crippen molar-refractivity contribution in [1.29, 1.82) is 0 Å². The second kappa shape index (κ2) is 4.87. The molecule has 0 aliphatic carbocycles. The third kappa shape index (κ3) is 5.17. The van der Waals surface area contributed by atoms with Crippen molar-refractivity contribution in [2.75, 3.05) is 0 Å². The topological polar surface area (TPSA) is 26.3 Å². The van der Waals surface area contributed by atoms with E-state index in [4.69, 9.17) is 11.2 Å². The van der Waals surface area contributed by atoms with Crippen molar-refractivity contribution in [3.05, 3.63) is 0 Å². The number of rotatable bonds is 3. The van der Waals surface area contributed by atoms with Crippen molar-refractivity contribution in [3.63, 3.8) is 0 Å². The lowest BCUT2D eigenvalue weighted by atomic mass is 10.3. The van der Waals surface area contributed by atoms with Gasteiger partial charge in [-0.15, -0.1) is 12.3 Å². The van der Waals surface area contributed by atoms with E-state index in [0.717, 1.165) is 0 Å². The van der Waals surface area contributed by atoms with Gasteiger partial charge in [-0.3, -0.25) is 4.79 Å². The Morgan fingerprint density at radius 1 is 1.70 bits per heavy atom. The minimum atomic E-state index is -0.215. The minimum absolute atomic E-state index is 0.0368. The SMILES string of the molecule is C#CCCC(=O)OC(C)C. The van der Waals surface area contributed by atoms with E-state index >= 15 is 0 Å². The van der Waals surface area contributed by atoms with Gasteiger partial charge >= 0.3 is 5.97 Å². The highest BCUT2D eigenvalue weighted by molar-refractivity contribution is 5.69. The van der Waals surface area contributed by atoms with Crippen LogP contribution in [-0.4, -0.2) is 12.1 Å². The summed E-state index contributed by atoms with van der Waals surface area (Å²) in [5.41, 5.74) is 0. The Balaban J connectivity index is 3.37. The number of terminal acetylenes is 1. The van der Waals surface area contributed by atoms with Gasteiger partial charge in [-0.1, -0.05) is 0 Å². The van der Waals surface area contributed by atoms with Gasteiger partial charge in [-0.05, 0) is 13.8 Å². The van der Waals surface area contributed by atoms with Crippen molar-refractivity contribution >= 4 is 5.97 Å². The molecule has 0 bridgehead atoms. The Morgan fingerprint density at radius 3 is 2.70 bits per heavy atom. The zero-order valence-electron chi connectivity index (χ0n) is 6.39. The molecule has 0 aliphatic heterocycles. The molecule has 0 unspecified atom stereocenters. The van der Waals surface area contributed by atoms with Crippen LogP contribution in [0.1, 0.15) is 26.7 Å². The number of carbonyl (C=O) groups excluding carboxylic acids is 1. The largest absolute Gasteiger partial charge is 0.463 e. The van der Waals surface area contributed by atoms with Crippen LogP contribution in [0.15, 0.2) is 0 Å². The molecule has 0 aromatic heterocycles. The summed E-state index contributed by atoms with van der Waals surface area (Å²) < 4.78 is 4.82. The van der Waals surface area contributed by atoms with Crippen LogP contribution in [0, 0.1) is 12.3 Å². The summed E-state index contributed by atoms with van der Waals surface area (Å²) in [7, 11) is 0. The molecule has 0 heterocycles. The molecule has 0 N–H and O–H groups in total. The van der Waals surface area contributed by atoms with Gasteiger partial charge in [0.2, 0.25) is 0 Å². The fourth-order valence-electron chi connectivity index (χ4n) is 0.496. The summed E-state index contributed by atoms with van der Waals surface area (Å²) in [5.74, 6) is 2.16. The van der Waals surface area contributed by atoms with Gasteiger partial charge in [0.25, 0.3) is 0 Å². The van der Waals surface area contributed by atoms with Crippen molar-refractivity contribution in [2.45, 2.75) is 32.8 Å². The molecule has 0 rings (SSSR count). The number of hydrogen-bond donors (Lipinski definition) is 0. The Bertz CT molecular complexity index is 142. The summed E-state index contributed by atoms with van der Waals surface area (Å²) >= 11 is 0. The second-order valence-electron chi connectivity index (χ2n) is 2.24. The van der Waals surface area contributed by atoms with Crippen LogP contribution in [0.25, 0.3) is 0 Å². The molecule has 10 heavy (non-hydrogen) atoms. The van der Waals surface area contributed by atoms with Gasteiger partial charge in [-0.25, -0.2) is 0 Å². The molecule has 2 heteroatoms. The lowest BCUT2D eigenvalue weighted by molar-refractivity contribution is -0.147. The summed E-state index contributed by atoms with van der Waals surface area (Å²) in [6, 6.07) is 0. The first-order valence-electron chi connectivity index (χ1n) is 3.29. The first-order valence-corrected chi connectivity index (χ1v) is 3.29. The van der Waals surface area contributed by atoms with E-state index in [0.29, 0.717) is 12.8 Å². The molecule has 0 aromatic carbocycles. The van der Waals surface area contributed by atoms with Gasteiger partial charge < -0.3 is 4.74 Å². The van der Waals surface area contributed by atoms with Gasteiger partial charge in [0.15, 0.2) is 0 Å². The molecule has 2 nitrogen and oxygen atoms in total. The van der Waals surface area contributed by atoms with Crippen molar-refractivity contribution in [1.82, 2.24) is 0 Å². The van der Waals surface area contributed by atoms with Crippen LogP contribution in [0.3, 0.4) is 0 Å². The zero-order valence-corrected chi connectivity index (χ0v) is 6.39. The predicted molar refractivity (Wildman–Crippen MR) is 39.3 cm³/mol. The normalized spacial score (nSPS) is 9.00. The Kier molecular flexibility index (Phi) is 4.39. The molecule has 0 aliphatic rings. The van der Waals surface area contributed by atoms with Crippen LogP contribution >= 0.6 is 0 Å². The minimum Gasteiger partial charge on any atom is -0.463 e. The first-order chi connectivity index (χ1) is 4.66. The van der Waals surface area contributed by atoms with E-state index in [9.17, 15) is 4.79 Å². The molecule has 0 atom stereocenters. The Labute approximate surface area is 61.6 Å². The molecule has 0 saturated heterocycles. The van der Waals surface area contributed by atoms with Crippen molar-refractivity contribution in [3.8, 4) is 12.3 Å². The maximum atomic E-state index is 10.7. The highest BCUT2D eigenvalue weighted by Crippen LogP contribution is 1.95. The van der Waals surface area contributed by atoms with Crippen LogP contribution in [0.4, 0.5) is 0 Å². The van der Waals surface area contributed by atoms with Crippen LogP contribution in [0.5, 0.6) is 0 Å². The molecule has 0 fully saturated rings. The quantitative estimate of drug-likeness (QED) is 0.437. The van der Waals surface area contributed by atoms with E-state index in [1.165, 1.54) is 0 Å². The van der Waals surface area contributed by atoms with Crippen molar-refractivity contribution in [2.24, 2.45) is 0 Å². The lowest BCUT2D eigenvalue weighted by Gasteiger charge is -2.05. The maximum absolute atomic E-state index is 10.7. The first kappa shape index (κ1) is 9.03. The number of hydrogen-bond acceptors (Lipinski definition) is 2. The lowest BCUT2D eigenvalue weighted by Crippen LogP contribution is -2.10. The molecule has 0 spiro atoms. The monoisotopic (exact) mass is 140 g/mol. The third-order valence-corrected chi connectivity index (χ3v) is 0.841. The third-order valence-electron chi connectivity index (χ3n) is 0.841. The van der Waals surface area contributed by atoms with E-state index < -0.39 is 0 Å². The molecular formula is C8H12O2.